The van der Waals surface area contributed by atoms with Gasteiger partial charge in [-0.05, 0) is 35.7 Å². The van der Waals surface area contributed by atoms with E-state index in [2.05, 4.69) is 17.2 Å². The van der Waals surface area contributed by atoms with Crippen molar-refractivity contribution in [3.8, 4) is 0 Å². The quantitative estimate of drug-likeness (QED) is 0.693. The Labute approximate surface area is 159 Å². The number of pyridine rings is 1. The predicted molar refractivity (Wildman–Crippen MR) is 103 cm³/mol. The van der Waals surface area contributed by atoms with Crippen molar-refractivity contribution < 1.29 is 4.79 Å². The lowest BCUT2D eigenvalue weighted by atomic mass is 10.0. The molecule has 0 saturated carbocycles. The Hall–Kier alpha value is -1.78. The van der Waals surface area contributed by atoms with Crippen molar-refractivity contribution in [2.24, 2.45) is 0 Å². The van der Waals surface area contributed by atoms with Gasteiger partial charge in [0, 0.05) is 36.0 Å². The molecular formula is C19H23Cl2N3O. The van der Waals surface area contributed by atoms with Crippen LogP contribution in [0, 0.1) is 0 Å². The second-order valence-electron chi connectivity index (χ2n) is 6.02. The van der Waals surface area contributed by atoms with Gasteiger partial charge < -0.3 is 10.2 Å². The molecule has 6 heteroatoms. The number of urea groups is 1. The zero-order valence-corrected chi connectivity index (χ0v) is 16.0. The van der Waals surface area contributed by atoms with Crippen LogP contribution < -0.4 is 5.32 Å². The highest BCUT2D eigenvalue weighted by molar-refractivity contribution is 6.35. The molecule has 4 nitrogen and oxygen atoms in total. The Morgan fingerprint density at radius 1 is 1.32 bits per heavy atom. The highest BCUT2D eigenvalue weighted by atomic mass is 35.5. The largest absolute Gasteiger partial charge is 0.331 e. The number of halogens is 2. The van der Waals surface area contributed by atoms with E-state index in [0.29, 0.717) is 16.6 Å². The molecule has 134 valence electrons. The van der Waals surface area contributed by atoms with Crippen LogP contribution in [-0.4, -0.2) is 23.0 Å². The molecule has 0 aliphatic heterocycles. The minimum atomic E-state index is -0.143. The van der Waals surface area contributed by atoms with Gasteiger partial charge in [-0.25, -0.2) is 4.79 Å². The van der Waals surface area contributed by atoms with Crippen LogP contribution in [0.1, 0.15) is 43.4 Å². The fraction of sp³-hybridized carbons (Fsp3) is 0.368. The molecule has 1 aromatic carbocycles. The molecule has 1 heterocycles. The normalized spacial score (nSPS) is 11.8. The number of hydrogen-bond acceptors (Lipinski definition) is 2. The smallest absolute Gasteiger partial charge is 0.317 e. The van der Waals surface area contributed by atoms with Gasteiger partial charge in [-0.15, -0.1) is 0 Å². The van der Waals surface area contributed by atoms with Crippen molar-refractivity contribution in [2.75, 3.05) is 7.05 Å². The Bertz CT molecular complexity index is 694. The van der Waals surface area contributed by atoms with Crippen LogP contribution in [0.3, 0.4) is 0 Å². The summed E-state index contributed by atoms with van der Waals surface area (Å²) in [4.78, 5) is 18.4. The van der Waals surface area contributed by atoms with Crippen LogP contribution in [0.5, 0.6) is 0 Å². The van der Waals surface area contributed by atoms with E-state index in [9.17, 15) is 4.79 Å². The van der Waals surface area contributed by atoms with E-state index in [1.807, 2.05) is 18.2 Å². The number of unbranched alkanes of at least 4 members (excludes halogenated alkanes) is 1. The molecule has 25 heavy (non-hydrogen) atoms. The molecule has 1 N–H and O–H groups in total. The average Bonchev–Trinajstić information content (AvgIpc) is 2.61. The molecule has 2 amide bonds. The third-order valence-electron chi connectivity index (χ3n) is 4.00. The first-order chi connectivity index (χ1) is 12.0. The zero-order chi connectivity index (χ0) is 18.2. The lowest BCUT2D eigenvalue weighted by Crippen LogP contribution is -2.39. The molecule has 1 atom stereocenters. The second-order valence-corrected chi connectivity index (χ2v) is 6.87. The lowest BCUT2D eigenvalue weighted by molar-refractivity contribution is 0.201. The minimum absolute atomic E-state index is 0.0516. The molecule has 0 fully saturated rings. The van der Waals surface area contributed by atoms with Crippen molar-refractivity contribution >= 4 is 29.2 Å². The number of aromatic nitrogens is 1. The topological polar surface area (TPSA) is 45.2 Å². The highest BCUT2D eigenvalue weighted by Gasteiger charge is 2.18. The Kier molecular flexibility index (Phi) is 7.53. The molecule has 0 saturated heterocycles. The van der Waals surface area contributed by atoms with E-state index in [-0.39, 0.29) is 12.1 Å². The van der Waals surface area contributed by atoms with E-state index in [1.54, 1.807) is 36.5 Å². The van der Waals surface area contributed by atoms with E-state index >= 15 is 0 Å². The molecule has 0 aliphatic rings. The highest BCUT2D eigenvalue weighted by Crippen LogP contribution is 2.23. The van der Waals surface area contributed by atoms with Crippen molar-refractivity contribution in [1.82, 2.24) is 15.2 Å². The monoisotopic (exact) mass is 379 g/mol. The predicted octanol–water partition coefficient (Wildman–Crippen LogP) is 5.46. The van der Waals surface area contributed by atoms with Crippen LogP contribution in [-0.2, 0) is 6.54 Å². The number of carbonyl (C=O) groups is 1. The summed E-state index contributed by atoms with van der Waals surface area (Å²) in [5.74, 6) is 0. The zero-order valence-electron chi connectivity index (χ0n) is 14.5. The summed E-state index contributed by atoms with van der Waals surface area (Å²) in [5.41, 5.74) is 1.87. The van der Waals surface area contributed by atoms with Crippen LogP contribution in [0.4, 0.5) is 4.79 Å². The molecule has 1 aromatic heterocycles. The van der Waals surface area contributed by atoms with Crippen LogP contribution in [0.15, 0.2) is 42.7 Å². The maximum Gasteiger partial charge on any atom is 0.317 e. The van der Waals surface area contributed by atoms with Gasteiger partial charge in [0.15, 0.2) is 0 Å². The Morgan fingerprint density at radius 3 is 2.76 bits per heavy atom. The van der Waals surface area contributed by atoms with E-state index in [0.717, 1.165) is 30.4 Å². The SMILES string of the molecule is CCCCC(NC(=O)N(C)Cc1ccc(Cl)cc1Cl)c1cccnc1. The number of hydrogen-bond donors (Lipinski definition) is 1. The first-order valence-electron chi connectivity index (χ1n) is 8.36. The molecular weight excluding hydrogens is 357 g/mol. The summed E-state index contributed by atoms with van der Waals surface area (Å²) in [6.45, 7) is 2.55. The third kappa shape index (κ3) is 5.91. The molecule has 1 unspecified atom stereocenters. The molecule has 0 aliphatic carbocycles. The molecule has 0 spiro atoms. The van der Waals surface area contributed by atoms with Gasteiger partial charge in [0.25, 0.3) is 0 Å². The van der Waals surface area contributed by atoms with Gasteiger partial charge in [0.05, 0.1) is 6.04 Å². The fourth-order valence-electron chi connectivity index (χ4n) is 2.55. The number of rotatable bonds is 7. The van der Waals surface area contributed by atoms with Crippen molar-refractivity contribution in [2.45, 2.75) is 38.8 Å². The summed E-state index contributed by atoms with van der Waals surface area (Å²) in [5, 5.41) is 4.23. The number of amides is 2. The van der Waals surface area contributed by atoms with Gasteiger partial charge in [0.1, 0.15) is 0 Å². The van der Waals surface area contributed by atoms with Crippen LogP contribution in [0.25, 0.3) is 0 Å². The van der Waals surface area contributed by atoms with E-state index in [1.165, 1.54) is 0 Å². The average molecular weight is 380 g/mol. The van der Waals surface area contributed by atoms with Gasteiger partial charge in [-0.3, -0.25) is 4.98 Å². The summed E-state index contributed by atoms with van der Waals surface area (Å²) in [6, 6.07) is 8.98. The third-order valence-corrected chi connectivity index (χ3v) is 4.59. The minimum Gasteiger partial charge on any atom is -0.331 e. The fourth-order valence-corrected chi connectivity index (χ4v) is 3.02. The van der Waals surface area contributed by atoms with E-state index in [4.69, 9.17) is 23.2 Å². The molecule has 0 bridgehead atoms. The van der Waals surface area contributed by atoms with Gasteiger partial charge in [-0.2, -0.15) is 0 Å². The van der Waals surface area contributed by atoms with Gasteiger partial charge in [-0.1, -0.05) is 55.1 Å². The number of carbonyl (C=O) groups excluding carboxylic acids is 1. The first-order valence-corrected chi connectivity index (χ1v) is 9.12. The maximum atomic E-state index is 12.6. The van der Waals surface area contributed by atoms with Crippen molar-refractivity contribution in [1.29, 1.82) is 0 Å². The molecule has 2 aromatic rings. The summed E-state index contributed by atoms with van der Waals surface area (Å²) in [6.07, 6.45) is 6.52. The molecule has 2 rings (SSSR count). The number of benzene rings is 1. The van der Waals surface area contributed by atoms with Crippen molar-refractivity contribution in [3.63, 3.8) is 0 Å². The van der Waals surface area contributed by atoms with E-state index < -0.39 is 0 Å². The van der Waals surface area contributed by atoms with Crippen LogP contribution >= 0.6 is 23.2 Å². The Balaban J connectivity index is 2.03. The Morgan fingerprint density at radius 2 is 2.12 bits per heavy atom. The summed E-state index contributed by atoms with van der Waals surface area (Å²) >= 11 is 12.1. The molecule has 0 radical (unpaired) electrons. The number of nitrogens with zero attached hydrogens (tertiary/aromatic N) is 2. The maximum absolute atomic E-state index is 12.6. The summed E-state index contributed by atoms with van der Waals surface area (Å²) in [7, 11) is 1.75. The van der Waals surface area contributed by atoms with Crippen LogP contribution in [0.2, 0.25) is 10.0 Å². The van der Waals surface area contributed by atoms with Gasteiger partial charge >= 0.3 is 6.03 Å². The first kappa shape index (κ1) is 19.5. The lowest BCUT2D eigenvalue weighted by Gasteiger charge is -2.24. The standard InChI is InChI=1S/C19H23Cl2N3O/c1-3-4-7-18(14-6-5-10-22-12-14)23-19(25)24(2)13-15-8-9-16(20)11-17(15)21/h5-6,8-12,18H,3-4,7,13H2,1-2H3,(H,23,25). The van der Waals surface area contributed by atoms with Crippen molar-refractivity contribution in [3.05, 3.63) is 63.9 Å². The van der Waals surface area contributed by atoms with Gasteiger partial charge in [0.2, 0.25) is 0 Å². The number of nitrogens with one attached hydrogen (secondary N) is 1. The second kappa shape index (κ2) is 9.64. The summed E-state index contributed by atoms with van der Waals surface area (Å²) < 4.78 is 0.